The minimum Gasteiger partial charge on any atom is -0.397 e. The second kappa shape index (κ2) is 4.79. The van der Waals surface area contributed by atoms with E-state index in [1.165, 1.54) is 0 Å². The summed E-state index contributed by atoms with van der Waals surface area (Å²) < 4.78 is 0. The zero-order chi connectivity index (χ0) is 7.98. The number of nitrogens with zero attached hydrogens (tertiary/aromatic N) is 1. The van der Waals surface area contributed by atoms with Crippen molar-refractivity contribution < 1.29 is 1.43 Å². The van der Waals surface area contributed by atoms with E-state index < -0.39 is 0 Å². The number of pyridine rings is 1. The van der Waals surface area contributed by atoms with Crippen LogP contribution in [-0.4, -0.2) is 4.98 Å². The molecule has 2 N–H and O–H groups in total. The lowest BCUT2D eigenvalue weighted by Crippen LogP contribution is -1.89. The van der Waals surface area contributed by atoms with E-state index in [1.54, 1.807) is 6.20 Å². The zero-order valence-electron chi connectivity index (χ0n) is 6.76. The molecule has 0 bridgehead atoms. The van der Waals surface area contributed by atoms with E-state index >= 15 is 0 Å². The average molecular weight is 140 g/mol. The maximum absolute atomic E-state index is 5.46. The number of anilines is 1. The summed E-state index contributed by atoms with van der Waals surface area (Å²) in [6.45, 7) is 5.88. The van der Waals surface area contributed by atoms with Crippen molar-refractivity contribution in [2.45, 2.75) is 20.8 Å². The summed E-state index contributed by atoms with van der Waals surface area (Å²) >= 11 is 0. The van der Waals surface area contributed by atoms with E-state index in [9.17, 15) is 0 Å². The van der Waals surface area contributed by atoms with Crippen LogP contribution >= 0.6 is 0 Å². The van der Waals surface area contributed by atoms with Gasteiger partial charge in [0, 0.05) is 7.62 Å². The molecule has 0 aliphatic carbocycles. The Hall–Kier alpha value is -1.05. The Morgan fingerprint density at radius 2 is 2.10 bits per heavy atom. The van der Waals surface area contributed by atoms with E-state index in [2.05, 4.69) is 4.98 Å². The Morgan fingerprint density at radius 1 is 1.50 bits per heavy atom. The van der Waals surface area contributed by atoms with Gasteiger partial charge in [-0.05, 0) is 19.1 Å². The van der Waals surface area contributed by atoms with Gasteiger partial charge in [0.15, 0.2) is 0 Å². The van der Waals surface area contributed by atoms with Crippen molar-refractivity contribution in [3.8, 4) is 0 Å². The zero-order valence-corrected chi connectivity index (χ0v) is 6.76. The van der Waals surface area contributed by atoms with Gasteiger partial charge in [-0.15, -0.1) is 0 Å². The van der Waals surface area contributed by atoms with Gasteiger partial charge in [-0.25, -0.2) is 0 Å². The van der Waals surface area contributed by atoms with Gasteiger partial charge in [0.05, 0.1) is 11.4 Å². The molecule has 0 saturated carbocycles. The molecule has 2 nitrogen and oxygen atoms in total. The molecule has 0 saturated heterocycles. The van der Waals surface area contributed by atoms with Crippen molar-refractivity contribution >= 4 is 5.69 Å². The fraction of sp³-hybridized carbons (Fsp3) is 0.375. The molecule has 1 aromatic heterocycles. The topological polar surface area (TPSA) is 38.9 Å². The maximum Gasteiger partial charge on any atom is 0.0601 e. The smallest absolute Gasteiger partial charge is 0.0601 e. The molecule has 0 unspecified atom stereocenters. The molecule has 10 heavy (non-hydrogen) atoms. The van der Waals surface area contributed by atoms with Gasteiger partial charge in [0.1, 0.15) is 0 Å². The van der Waals surface area contributed by atoms with Crippen LogP contribution in [0.4, 0.5) is 5.69 Å². The number of rotatable bonds is 0. The third kappa shape index (κ3) is 2.49. The highest BCUT2D eigenvalue weighted by Crippen LogP contribution is 2.02. The Kier molecular flexibility index (Phi) is 4.29. The normalized spacial score (nSPS) is 7.90. The highest BCUT2D eigenvalue weighted by Gasteiger charge is 1.86. The lowest BCUT2D eigenvalue weighted by Gasteiger charge is -1.92. The Labute approximate surface area is 63.6 Å². The Morgan fingerprint density at radius 3 is 2.40 bits per heavy atom. The summed E-state index contributed by atoms with van der Waals surface area (Å²) in [7, 11) is 0. The standard InChI is InChI=1S/C6H8N2.C2H6.H2/c1-5-6(7)3-2-4-8-5;1-2;/h2-4H,7H2,1H3;1-2H3;1H. The molecular weight excluding hydrogens is 124 g/mol. The van der Waals surface area contributed by atoms with E-state index in [0.29, 0.717) is 0 Å². The van der Waals surface area contributed by atoms with Gasteiger partial charge < -0.3 is 5.73 Å². The number of hydrogen-bond acceptors (Lipinski definition) is 2. The van der Waals surface area contributed by atoms with Crippen molar-refractivity contribution in [3.05, 3.63) is 24.0 Å². The van der Waals surface area contributed by atoms with E-state index in [-0.39, 0.29) is 1.43 Å². The van der Waals surface area contributed by atoms with E-state index in [0.717, 1.165) is 11.4 Å². The fourth-order valence-electron chi connectivity index (χ4n) is 0.497. The van der Waals surface area contributed by atoms with Crippen molar-refractivity contribution in [2.75, 3.05) is 5.73 Å². The van der Waals surface area contributed by atoms with Crippen LogP contribution in [0.5, 0.6) is 0 Å². The number of nitrogens with two attached hydrogens (primary N) is 1. The lowest BCUT2D eigenvalue weighted by molar-refractivity contribution is 1.21. The fourth-order valence-corrected chi connectivity index (χ4v) is 0.497. The monoisotopic (exact) mass is 140 g/mol. The molecule has 1 heterocycles. The Bertz CT molecular complexity index is 168. The third-order valence-electron chi connectivity index (χ3n) is 1.05. The van der Waals surface area contributed by atoms with Crippen LogP contribution in [0.2, 0.25) is 0 Å². The quantitative estimate of drug-likeness (QED) is 0.600. The first-order valence-corrected chi connectivity index (χ1v) is 3.48. The molecule has 1 rings (SSSR count). The van der Waals surface area contributed by atoms with Gasteiger partial charge in [0.25, 0.3) is 0 Å². The molecule has 0 spiro atoms. The minimum absolute atomic E-state index is 0. The van der Waals surface area contributed by atoms with Crippen molar-refractivity contribution in [1.29, 1.82) is 0 Å². The van der Waals surface area contributed by atoms with Gasteiger partial charge in [-0.1, -0.05) is 13.8 Å². The van der Waals surface area contributed by atoms with E-state index in [1.807, 2.05) is 32.9 Å². The maximum atomic E-state index is 5.46. The molecule has 1 aromatic rings. The first-order chi connectivity index (χ1) is 4.80. The predicted molar refractivity (Wildman–Crippen MR) is 46.8 cm³/mol. The molecule has 2 heteroatoms. The van der Waals surface area contributed by atoms with Crippen LogP contribution in [-0.2, 0) is 0 Å². The predicted octanol–water partition coefficient (Wildman–Crippen LogP) is 2.24. The first kappa shape index (κ1) is 8.95. The summed E-state index contributed by atoms with van der Waals surface area (Å²) in [5, 5.41) is 0. The van der Waals surface area contributed by atoms with Crippen LogP contribution < -0.4 is 5.73 Å². The third-order valence-corrected chi connectivity index (χ3v) is 1.05. The summed E-state index contributed by atoms with van der Waals surface area (Å²) in [4.78, 5) is 3.95. The van der Waals surface area contributed by atoms with Crippen molar-refractivity contribution in [3.63, 3.8) is 0 Å². The molecule has 0 aliphatic rings. The summed E-state index contributed by atoms with van der Waals surface area (Å²) in [5.74, 6) is 0. The number of aryl methyl sites for hydroxylation is 1. The van der Waals surface area contributed by atoms with Crippen LogP contribution in [0.1, 0.15) is 21.0 Å². The van der Waals surface area contributed by atoms with Crippen molar-refractivity contribution in [1.82, 2.24) is 4.98 Å². The van der Waals surface area contributed by atoms with Crippen LogP contribution in [0, 0.1) is 6.92 Å². The van der Waals surface area contributed by atoms with Gasteiger partial charge in [-0.2, -0.15) is 0 Å². The molecular formula is C8H16N2. The highest BCUT2D eigenvalue weighted by molar-refractivity contribution is 5.40. The highest BCUT2D eigenvalue weighted by atomic mass is 14.7. The van der Waals surface area contributed by atoms with Crippen LogP contribution in [0.15, 0.2) is 18.3 Å². The van der Waals surface area contributed by atoms with Gasteiger partial charge >= 0.3 is 0 Å². The number of nitrogen functional groups attached to an aromatic ring is 1. The SMILES string of the molecule is CC.Cc1ncccc1N.[HH]. The minimum atomic E-state index is 0. The van der Waals surface area contributed by atoms with Gasteiger partial charge in [-0.3, -0.25) is 4.98 Å². The second-order valence-electron chi connectivity index (χ2n) is 1.68. The molecule has 0 aliphatic heterocycles. The Balaban J connectivity index is 0. The summed E-state index contributed by atoms with van der Waals surface area (Å²) in [6, 6.07) is 3.66. The largest absolute Gasteiger partial charge is 0.397 e. The molecule has 0 fully saturated rings. The summed E-state index contributed by atoms with van der Waals surface area (Å²) in [5.41, 5.74) is 7.11. The second-order valence-corrected chi connectivity index (χ2v) is 1.68. The molecule has 58 valence electrons. The first-order valence-electron chi connectivity index (χ1n) is 3.48. The van der Waals surface area contributed by atoms with Gasteiger partial charge in [0.2, 0.25) is 0 Å². The lowest BCUT2D eigenvalue weighted by atomic mass is 10.3. The molecule has 0 aromatic carbocycles. The molecule has 0 atom stereocenters. The molecule has 0 radical (unpaired) electrons. The van der Waals surface area contributed by atoms with Crippen molar-refractivity contribution in [2.24, 2.45) is 0 Å². The average Bonchev–Trinajstić information content (AvgIpc) is 2.00. The van der Waals surface area contributed by atoms with E-state index in [4.69, 9.17) is 5.73 Å². The number of aromatic nitrogens is 1. The number of hydrogen-bond donors (Lipinski definition) is 1. The summed E-state index contributed by atoms with van der Waals surface area (Å²) in [6.07, 6.45) is 1.73. The van der Waals surface area contributed by atoms with Crippen LogP contribution in [0.25, 0.3) is 0 Å². The van der Waals surface area contributed by atoms with Crippen LogP contribution in [0.3, 0.4) is 0 Å². The molecule has 0 amide bonds.